The van der Waals surface area contributed by atoms with Crippen molar-refractivity contribution < 1.29 is 14.3 Å². The predicted molar refractivity (Wildman–Crippen MR) is 117 cm³/mol. The van der Waals surface area contributed by atoms with Gasteiger partial charge in [-0.2, -0.15) is 0 Å². The number of methoxy groups -OCH3 is 1. The number of aromatic nitrogens is 2. The molecule has 2 aromatic rings. The van der Waals surface area contributed by atoms with E-state index in [0.717, 1.165) is 73.1 Å². The van der Waals surface area contributed by atoms with Gasteiger partial charge in [-0.1, -0.05) is 18.6 Å². The van der Waals surface area contributed by atoms with Crippen molar-refractivity contribution in [2.45, 2.75) is 38.6 Å². The van der Waals surface area contributed by atoms with Crippen molar-refractivity contribution in [1.29, 1.82) is 0 Å². The zero-order valence-corrected chi connectivity index (χ0v) is 18.2. The number of carbonyl (C=O) groups excluding carboxylic acids is 1. The van der Waals surface area contributed by atoms with Gasteiger partial charge in [0.05, 0.1) is 32.6 Å². The van der Waals surface area contributed by atoms with Crippen LogP contribution in [0.3, 0.4) is 0 Å². The van der Waals surface area contributed by atoms with E-state index in [9.17, 15) is 4.79 Å². The predicted octanol–water partition coefficient (Wildman–Crippen LogP) is 2.60. The number of carbonyl (C=O) groups is 1. The number of hydrogen-bond acceptors (Lipinski definition) is 6. The average molecular weight is 423 g/mol. The molecule has 0 radical (unpaired) electrons. The van der Waals surface area contributed by atoms with Crippen LogP contribution in [0.5, 0.6) is 5.75 Å². The third kappa shape index (κ3) is 4.24. The maximum atomic E-state index is 12.9. The van der Waals surface area contributed by atoms with E-state index in [4.69, 9.17) is 19.4 Å². The quantitative estimate of drug-likeness (QED) is 0.738. The SMILES string of the molecule is COc1cccc(Cc2nc3c(c(N4CCOCC4)n2)CN(C(=O)C2CCC2)CC3)c1. The highest BCUT2D eigenvalue weighted by Crippen LogP contribution is 2.33. The number of nitrogens with zero attached hydrogens (tertiary/aromatic N) is 4. The van der Waals surface area contributed by atoms with Gasteiger partial charge in [-0.15, -0.1) is 0 Å². The summed E-state index contributed by atoms with van der Waals surface area (Å²) in [6.07, 6.45) is 4.70. The second kappa shape index (κ2) is 8.83. The number of anilines is 1. The van der Waals surface area contributed by atoms with Crippen LogP contribution in [0.15, 0.2) is 24.3 Å². The van der Waals surface area contributed by atoms with Gasteiger partial charge in [-0.3, -0.25) is 4.79 Å². The Labute approximate surface area is 183 Å². The van der Waals surface area contributed by atoms with Gasteiger partial charge in [0.15, 0.2) is 0 Å². The van der Waals surface area contributed by atoms with Crippen molar-refractivity contribution in [1.82, 2.24) is 14.9 Å². The summed E-state index contributed by atoms with van der Waals surface area (Å²) in [5.41, 5.74) is 3.34. The third-order valence-electron chi connectivity index (χ3n) is 6.66. The summed E-state index contributed by atoms with van der Waals surface area (Å²) in [6, 6.07) is 8.07. The zero-order chi connectivity index (χ0) is 21.2. The molecule has 1 aromatic heterocycles. The molecule has 1 aromatic carbocycles. The molecule has 7 nitrogen and oxygen atoms in total. The summed E-state index contributed by atoms with van der Waals surface area (Å²) in [5.74, 6) is 3.19. The second-order valence-corrected chi connectivity index (χ2v) is 8.65. The van der Waals surface area contributed by atoms with Crippen LogP contribution in [0, 0.1) is 5.92 Å². The van der Waals surface area contributed by atoms with Gasteiger partial charge >= 0.3 is 0 Å². The number of hydrogen-bond donors (Lipinski definition) is 0. The fraction of sp³-hybridized carbons (Fsp3) is 0.542. The summed E-state index contributed by atoms with van der Waals surface area (Å²) < 4.78 is 10.9. The Balaban J connectivity index is 1.45. The fourth-order valence-corrected chi connectivity index (χ4v) is 4.63. The van der Waals surface area contributed by atoms with E-state index in [1.54, 1.807) is 7.11 Å². The summed E-state index contributed by atoms with van der Waals surface area (Å²) in [7, 11) is 1.68. The molecule has 1 saturated heterocycles. The second-order valence-electron chi connectivity index (χ2n) is 8.65. The number of rotatable bonds is 5. The first kappa shape index (κ1) is 20.2. The lowest BCUT2D eigenvalue weighted by atomic mass is 9.84. The van der Waals surface area contributed by atoms with Gasteiger partial charge in [0, 0.05) is 44.0 Å². The monoisotopic (exact) mass is 422 g/mol. The van der Waals surface area contributed by atoms with Gasteiger partial charge in [-0.05, 0) is 30.5 Å². The van der Waals surface area contributed by atoms with Crippen molar-refractivity contribution in [2.75, 3.05) is 44.9 Å². The molecule has 1 saturated carbocycles. The number of benzene rings is 1. The molecule has 3 aliphatic rings. The molecule has 0 spiro atoms. The minimum absolute atomic E-state index is 0.224. The van der Waals surface area contributed by atoms with Crippen molar-refractivity contribution in [3.05, 3.63) is 46.9 Å². The van der Waals surface area contributed by atoms with Crippen molar-refractivity contribution >= 4 is 11.7 Å². The highest BCUT2D eigenvalue weighted by atomic mass is 16.5. The van der Waals surface area contributed by atoms with Gasteiger partial charge in [0.1, 0.15) is 17.4 Å². The number of morpholine rings is 1. The largest absolute Gasteiger partial charge is 0.497 e. The average Bonchev–Trinajstić information content (AvgIpc) is 2.78. The van der Waals surface area contributed by atoms with E-state index in [-0.39, 0.29) is 5.92 Å². The van der Waals surface area contributed by atoms with E-state index in [0.29, 0.717) is 32.1 Å². The molecule has 164 valence electrons. The van der Waals surface area contributed by atoms with Gasteiger partial charge in [-0.25, -0.2) is 9.97 Å². The van der Waals surface area contributed by atoms with E-state index >= 15 is 0 Å². The number of ether oxygens (including phenoxy) is 2. The molecule has 3 heterocycles. The van der Waals surface area contributed by atoms with Crippen LogP contribution < -0.4 is 9.64 Å². The van der Waals surface area contributed by atoms with Gasteiger partial charge < -0.3 is 19.3 Å². The fourth-order valence-electron chi connectivity index (χ4n) is 4.63. The summed E-state index contributed by atoms with van der Waals surface area (Å²) >= 11 is 0. The Hall–Kier alpha value is -2.67. The topological polar surface area (TPSA) is 67.8 Å². The van der Waals surface area contributed by atoms with E-state index in [1.165, 1.54) is 6.42 Å². The molecule has 0 unspecified atom stereocenters. The van der Waals surface area contributed by atoms with Crippen LogP contribution in [0.1, 0.15) is 41.9 Å². The maximum absolute atomic E-state index is 12.9. The first-order valence-electron chi connectivity index (χ1n) is 11.3. The maximum Gasteiger partial charge on any atom is 0.225 e. The minimum atomic E-state index is 0.224. The molecule has 2 fully saturated rings. The molecular formula is C24H30N4O3. The van der Waals surface area contributed by atoms with E-state index in [1.807, 2.05) is 23.1 Å². The van der Waals surface area contributed by atoms with Crippen LogP contribution >= 0.6 is 0 Å². The van der Waals surface area contributed by atoms with Crippen molar-refractivity contribution in [3.8, 4) is 5.75 Å². The third-order valence-corrected chi connectivity index (χ3v) is 6.66. The van der Waals surface area contributed by atoms with E-state index < -0.39 is 0 Å². The lowest BCUT2D eigenvalue weighted by molar-refractivity contribution is -0.139. The Morgan fingerprint density at radius 3 is 2.77 bits per heavy atom. The zero-order valence-electron chi connectivity index (χ0n) is 18.2. The number of amides is 1. The summed E-state index contributed by atoms with van der Waals surface area (Å²) in [4.78, 5) is 27.2. The molecule has 31 heavy (non-hydrogen) atoms. The van der Waals surface area contributed by atoms with Crippen LogP contribution in [0.25, 0.3) is 0 Å². The molecule has 5 rings (SSSR count). The molecule has 0 N–H and O–H groups in total. The first-order chi connectivity index (χ1) is 15.2. The molecule has 1 amide bonds. The Morgan fingerprint density at radius 2 is 2.03 bits per heavy atom. The van der Waals surface area contributed by atoms with Gasteiger partial charge in [0.25, 0.3) is 0 Å². The Kier molecular flexibility index (Phi) is 5.76. The number of fused-ring (bicyclic) bond motifs is 1. The van der Waals surface area contributed by atoms with E-state index in [2.05, 4.69) is 11.0 Å². The van der Waals surface area contributed by atoms with Crippen LogP contribution in [-0.4, -0.2) is 60.7 Å². The smallest absolute Gasteiger partial charge is 0.225 e. The van der Waals surface area contributed by atoms with Crippen LogP contribution in [0.2, 0.25) is 0 Å². The molecular weight excluding hydrogens is 392 g/mol. The Morgan fingerprint density at radius 1 is 1.19 bits per heavy atom. The van der Waals surface area contributed by atoms with Crippen molar-refractivity contribution in [2.24, 2.45) is 5.92 Å². The van der Waals surface area contributed by atoms with Crippen molar-refractivity contribution in [3.63, 3.8) is 0 Å². The molecule has 0 bridgehead atoms. The summed E-state index contributed by atoms with van der Waals surface area (Å²) in [6.45, 7) is 4.41. The standard InChI is InChI=1S/C24H30N4O3/c1-30-19-7-2-4-17(14-19)15-22-25-21-8-9-28(24(29)18-5-3-6-18)16-20(21)23(26-22)27-10-12-31-13-11-27/h2,4,7,14,18H,3,5-6,8-13,15-16H2,1H3. The highest BCUT2D eigenvalue weighted by molar-refractivity contribution is 5.80. The minimum Gasteiger partial charge on any atom is -0.497 e. The highest BCUT2D eigenvalue weighted by Gasteiger charge is 2.33. The lowest BCUT2D eigenvalue weighted by Crippen LogP contribution is -2.44. The van der Waals surface area contributed by atoms with Gasteiger partial charge in [0.2, 0.25) is 5.91 Å². The first-order valence-corrected chi connectivity index (χ1v) is 11.3. The van der Waals surface area contributed by atoms with Crippen LogP contribution in [-0.2, 0) is 28.9 Å². The Bertz CT molecular complexity index is 954. The summed E-state index contributed by atoms with van der Waals surface area (Å²) in [5, 5.41) is 0. The van der Waals surface area contributed by atoms with Crippen LogP contribution in [0.4, 0.5) is 5.82 Å². The normalized spacial score (nSPS) is 19.0. The molecule has 7 heteroatoms. The molecule has 1 aliphatic carbocycles. The lowest BCUT2D eigenvalue weighted by Gasteiger charge is -2.37. The molecule has 2 aliphatic heterocycles. The molecule has 0 atom stereocenters.